The first kappa shape index (κ1) is 18.7. The predicted octanol–water partition coefficient (Wildman–Crippen LogP) is 3.33. The molecule has 6 nitrogen and oxygen atoms in total. The number of nitrogens with zero attached hydrogens (tertiary/aromatic N) is 1. The number of nitrogens with one attached hydrogen (secondary N) is 1. The highest BCUT2D eigenvalue weighted by Crippen LogP contribution is 2.30. The summed E-state index contributed by atoms with van der Waals surface area (Å²) in [5, 5.41) is 12.2. The van der Waals surface area contributed by atoms with E-state index in [0.717, 1.165) is 5.56 Å². The molecule has 138 valence electrons. The number of carbonyl (C=O) groups excluding carboxylic acids is 2. The van der Waals surface area contributed by atoms with Crippen molar-refractivity contribution in [3.05, 3.63) is 58.6 Å². The van der Waals surface area contributed by atoms with Crippen molar-refractivity contribution in [1.29, 1.82) is 5.26 Å². The van der Waals surface area contributed by atoms with Crippen molar-refractivity contribution in [3.8, 4) is 11.8 Å². The summed E-state index contributed by atoms with van der Waals surface area (Å²) in [6.45, 7) is 1.66. The third kappa shape index (κ3) is 4.39. The number of para-hydroxylation sites is 1. The third-order valence-corrected chi connectivity index (χ3v) is 4.46. The quantitative estimate of drug-likeness (QED) is 0.817. The number of nitriles is 1. The topological polar surface area (TPSA) is 88.4 Å². The van der Waals surface area contributed by atoms with E-state index in [0.29, 0.717) is 28.4 Å². The van der Waals surface area contributed by atoms with Crippen LogP contribution in [-0.4, -0.2) is 24.6 Å². The number of ether oxygens (including phenoxy) is 2. The van der Waals surface area contributed by atoms with Gasteiger partial charge in [-0.1, -0.05) is 23.7 Å². The van der Waals surface area contributed by atoms with Crippen LogP contribution in [0.5, 0.6) is 5.75 Å². The smallest absolute Gasteiger partial charge is 0.313 e. The van der Waals surface area contributed by atoms with Crippen LogP contribution in [-0.2, 0) is 20.7 Å². The highest BCUT2D eigenvalue weighted by Gasteiger charge is 2.30. The van der Waals surface area contributed by atoms with Crippen LogP contribution >= 0.6 is 11.6 Å². The molecule has 0 aromatic heterocycles. The zero-order chi connectivity index (χ0) is 19.4. The molecule has 3 rings (SSSR count). The van der Waals surface area contributed by atoms with E-state index in [1.165, 1.54) is 6.92 Å². The number of hydrogen-bond donors (Lipinski definition) is 1. The minimum absolute atomic E-state index is 0.180. The normalized spacial score (nSPS) is 16.3. The van der Waals surface area contributed by atoms with Gasteiger partial charge in [0.15, 0.2) is 6.10 Å². The Labute approximate surface area is 161 Å². The van der Waals surface area contributed by atoms with E-state index in [9.17, 15) is 9.59 Å². The summed E-state index contributed by atoms with van der Waals surface area (Å²) in [6.07, 6.45) is -0.578. The van der Waals surface area contributed by atoms with Crippen LogP contribution in [0, 0.1) is 17.2 Å². The first-order valence-corrected chi connectivity index (χ1v) is 8.77. The fraction of sp³-hybridized carbons (Fsp3) is 0.250. The number of hydrogen-bond acceptors (Lipinski definition) is 5. The lowest BCUT2D eigenvalue weighted by atomic mass is 9.97. The van der Waals surface area contributed by atoms with E-state index in [2.05, 4.69) is 5.32 Å². The molecule has 2 aromatic rings. The molecule has 1 heterocycles. The number of anilines is 1. The van der Waals surface area contributed by atoms with Crippen LogP contribution in [0.2, 0.25) is 5.02 Å². The molecule has 27 heavy (non-hydrogen) atoms. The third-order valence-electron chi connectivity index (χ3n) is 4.23. The SMILES string of the molecule is C[C@H](OC(=O)[C@@H]1COc2ccc(Cl)cc2C1)C(=O)Nc1ccccc1C#N. The number of benzene rings is 2. The van der Waals surface area contributed by atoms with E-state index in [4.69, 9.17) is 26.3 Å². The van der Waals surface area contributed by atoms with Gasteiger partial charge in [0, 0.05) is 5.02 Å². The molecule has 1 aliphatic rings. The molecule has 0 saturated heterocycles. The molecular formula is C20H17ClN2O4. The van der Waals surface area contributed by atoms with Gasteiger partial charge < -0.3 is 14.8 Å². The molecule has 1 N–H and O–H groups in total. The molecule has 0 fully saturated rings. The van der Waals surface area contributed by atoms with Crippen molar-refractivity contribution in [2.45, 2.75) is 19.4 Å². The van der Waals surface area contributed by atoms with E-state index in [1.807, 2.05) is 6.07 Å². The maximum Gasteiger partial charge on any atom is 0.313 e. The number of esters is 1. The Morgan fingerprint density at radius 3 is 2.89 bits per heavy atom. The zero-order valence-corrected chi connectivity index (χ0v) is 15.3. The number of carbonyl (C=O) groups is 2. The Kier molecular flexibility index (Phi) is 5.63. The van der Waals surface area contributed by atoms with Crippen molar-refractivity contribution in [2.24, 2.45) is 5.92 Å². The van der Waals surface area contributed by atoms with Crippen LogP contribution < -0.4 is 10.1 Å². The first-order chi connectivity index (χ1) is 13.0. The molecule has 0 bridgehead atoms. The molecule has 2 aromatic carbocycles. The number of fused-ring (bicyclic) bond motifs is 1. The first-order valence-electron chi connectivity index (χ1n) is 8.39. The second-order valence-corrected chi connectivity index (χ2v) is 6.63. The monoisotopic (exact) mass is 384 g/mol. The second-order valence-electron chi connectivity index (χ2n) is 6.19. The van der Waals surface area contributed by atoms with Crippen molar-refractivity contribution >= 4 is 29.2 Å². The van der Waals surface area contributed by atoms with Gasteiger partial charge in [0.2, 0.25) is 0 Å². The Balaban J connectivity index is 1.60. The Morgan fingerprint density at radius 2 is 2.11 bits per heavy atom. The Hall–Kier alpha value is -3.04. The van der Waals surface area contributed by atoms with Crippen LogP contribution in [0.3, 0.4) is 0 Å². The minimum atomic E-state index is -1.01. The largest absolute Gasteiger partial charge is 0.492 e. The number of amides is 1. The van der Waals surface area contributed by atoms with Gasteiger partial charge >= 0.3 is 5.97 Å². The van der Waals surface area contributed by atoms with Gasteiger partial charge in [0.05, 0.1) is 17.2 Å². The van der Waals surface area contributed by atoms with Gasteiger partial charge in [-0.15, -0.1) is 0 Å². The van der Waals surface area contributed by atoms with Crippen LogP contribution in [0.25, 0.3) is 0 Å². The Bertz CT molecular complexity index is 922. The average molecular weight is 385 g/mol. The average Bonchev–Trinajstić information content (AvgIpc) is 2.67. The molecule has 7 heteroatoms. The Morgan fingerprint density at radius 1 is 1.33 bits per heavy atom. The molecule has 0 aliphatic carbocycles. The predicted molar refractivity (Wildman–Crippen MR) is 99.5 cm³/mol. The second kappa shape index (κ2) is 8.11. The minimum Gasteiger partial charge on any atom is -0.492 e. The van der Waals surface area contributed by atoms with E-state index in [1.54, 1.807) is 42.5 Å². The molecule has 1 aliphatic heterocycles. The summed E-state index contributed by atoms with van der Waals surface area (Å²) in [7, 11) is 0. The number of halogens is 1. The van der Waals surface area contributed by atoms with E-state index < -0.39 is 23.9 Å². The standard InChI is InChI=1S/C20H17ClN2O4/c1-12(19(24)23-17-5-3-2-4-13(17)10-22)27-20(25)15-8-14-9-16(21)6-7-18(14)26-11-15/h2-7,9,12,15H,8,11H2,1H3,(H,23,24)/t12-,15-/m0/s1. The lowest BCUT2D eigenvalue weighted by Crippen LogP contribution is -2.36. The molecule has 0 saturated carbocycles. The van der Waals surface area contributed by atoms with Crippen LogP contribution in [0.4, 0.5) is 5.69 Å². The molecular weight excluding hydrogens is 368 g/mol. The van der Waals surface area contributed by atoms with Gasteiger partial charge in [0.25, 0.3) is 5.91 Å². The van der Waals surface area contributed by atoms with Gasteiger partial charge in [-0.25, -0.2) is 0 Å². The maximum absolute atomic E-state index is 12.4. The summed E-state index contributed by atoms with van der Waals surface area (Å²) in [5.74, 6) is -0.844. The lowest BCUT2D eigenvalue weighted by Gasteiger charge is -2.25. The van der Waals surface area contributed by atoms with Crippen LogP contribution in [0.1, 0.15) is 18.1 Å². The fourth-order valence-electron chi connectivity index (χ4n) is 2.76. The van der Waals surface area contributed by atoms with Crippen LogP contribution in [0.15, 0.2) is 42.5 Å². The van der Waals surface area contributed by atoms with Crippen molar-refractivity contribution in [2.75, 3.05) is 11.9 Å². The summed E-state index contributed by atoms with van der Waals surface area (Å²) in [5.41, 5.74) is 1.53. The molecule has 0 radical (unpaired) electrons. The highest BCUT2D eigenvalue weighted by molar-refractivity contribution is 6.30. The van der Waals surface area contributed by atoms with Gasteiger partial charge in [-0.2, -0.15) is 5.26 Å². The maximum atomic E-state index is 12.4. The summed E-state index contributed by atoms with van der Waals surface area (Å²) < 4.78 is 10.9. The highest BCUT2D eigenvalue weighted by atomic mass is 35.5. The van der Waals surface area contributed by atoms with E-state index >= 15 is 0 Å². The van der Waals surface area contributed by atoms with Crippen molar-refractivity contribution in [1.82, 2.24) is 0 Å². The van der Waals surface area contributed by atoms with Gasteiger partial charge in [0.1, 0.15) is 18.4 Å². The summed E-state index contributed by atoms with van der Waals surface area (Å²) in [4.78, 5) is 24.7. The van der Waals surface area contributed by atoms with Gasteiger partial charge in [-0.05, 0) is 49.2 Å². The molecule has 0 unspecified atom stereocenters. The summed E-state index contributed by atoms with van der Waals surface area (Å²) >= 11 is 5.98. The molecule has 1 amide bonds. The molecule has 2 atom stereocenters. The fourth-order valence-corrected chi connectivity index (χ4v) is 2.96. The van der Waals surface area contributed by atoms with Crippen molar-refractivity contribution < 1.29 is 19.1 Å². The van der Waals surface area contributed by atoms with E-state index in [-0.39, 0.29) is 6.61 Å². The van der Waals surface area contributed by atoms with Crippen molar-refractivity contribution in [3.63, 3.8) is 0 Å². The number of rotatable bonds is 4. The lowest BCUT2D eigenvalue weighted by molar-refractivity contribution is -0.158. The van der Waals surface area contributed by atoms with Gasteiger partial charge in [-0.3, -0.25) is 9.59 Å². The summed E-state index contributed by atoms with van der Waals surface area (Å²) in [6, 6.07) is 13.9. The molecule has 0 spiro atoms. The zero-order valence-electron chi connectivity index (χ0n) is 14.6.